The van der Waals surface area contributed by atoms with Crippen molar-refractivity contribution >= 4 is 52.2 Å². The standard InChI is InChI=1S/C25H25Cl2N5O3/c26-19-3-1-2-17(14-19)24(34)30-22-15-20(5-6-21(22)27)29-25(35)18-4-7-23(28-16-18)32-10-8-31(9-11-32)12-13-33/h1-7,14-16,33H,8-13H2,(H,29,35)(H,30,34). The molecule has 0 atom stereocenters. The van der Waals surface area contributed by atoms with Crippen LogP contribution in [0, 0.1) is 0 Å². The zero-order chi connectivity index (χ0) is 24.8. The van der Waals surface area contributed by atoms with Crippen molar-refractivity contribution in [2.75, 3.05) is 54.9 Å². The fourth-order valence-corrected chi connectivity index (χ4v) is 4.13. The third-order valence-corrected chi connectivity index (χ3v) is 6.25. The number of halogens is 2. The lowest BCUT2D eigenvalue weighted by atomic mass is 10.2. The van der Waals surface area contributed by atoms with E-state index in [1.165, 1.54) is 0 Å². The van der Waals surface area contributed by atoms with E-state index >= 15 is 0 Å². The highest BCUT2D eigenvalue weighted by Crippen LogP contribution is 2.27. The number of carbonyl (C=O) groups is 2. The average Bonchev–Trinajstić information content (AvgIpc) is 2.87. The van der Waals surface area contributed by atoms with Crippen molar-refractivity contribution in [2.24, 2.45) is 0 Å². The molecule has 2 heterocycles. The van der Waals surface area contributed by atoms with E-state index in [2.05, 4.69) is 25.4 Å². The lowest BCUT2D eigenvalue weighted by molar-refractivity contribution is 0.101. The van der Waals surface area contributed by atoms with Crippen molar-refractivity contribution in [1.82, 2.24) is 9.88 Å². The molecule has 0 aliphatic carbocycles. The molecule has 0 saturated carbocycles. The molecule has 8 nitrogen and oxygen atoms in total. The van der Waals surface area contributed by atoms with Crippen LogP contribution < -0.4 is 15.5 Å². The first-order chi connectivity index (χ1) is 16.9. The molecule has 1 aliphatic heterocycles. The van der Waals surface area contributed by atoms with Crippen LogP contribution in [-0.4, -0.2) is 66.1 Å². The summed E-state index contributed by atoms with van der Waals surface area (Å²) >= 11 is 12.2. The van der Waals surface area contributed by atoms with E-state index in [1.54, 1.807) is 54.7 Å². The third kappa shape index (κ3) is 6.49. The monoisotopic (exact) mass is 513 g/mol. The van der Waals surface area contributed by atoms with Gasteiger partial charge >= 0.3 is 0 Å². The van der Waals surface area contributed by atoms with Gasteiger partial charge in [-0.05, 0) is 48.5 Å². The molecule has 0 spiro atoms. The second-order valence-electron chi connectivity index (χ2n) is 8.07. The summed E-state index contributed by atoms with van der Waals surface area (Å²) in [5.74, 6) is 0.115. The number of aromatic nitrogens is 1. The number of β-amino-alcohol motifs (C(OH)–C–C–N with tert-alkyl or cyclic N) is 1. The highest BCUT2D eigenvalue weighted by molar-refractivity contribution is 6.34. The van der Waals surface area contributed by atoms with Gasteiger partial charge in [-0.2, -0.15) is 0 Å². The highest BCUT2D eigenvalue weighted by Gasteiger charge is 2.18. The third-order valence-electron chi connectivity index (χ3n) is 5.68. The Morgan fingerprint density at radius 2 is 1.69 bits per heavy atom. The van der Waals surface area contributed by atoms with Crippen molar-refractivity contribution in [3.63, 3.8) is 0 Å². The molecule has 0 unspecified atom stereocenters. The van der Waals surface area contributed by atoms with E-state index in [1.807, 2.05) is 6.07 Å². The number of rotatable bonds is 7. The first-order valence-electron chi connectivity index (χ1n) is 11.1. The van der Waals surface area contributed by atoms with Gasteiger partial charge in [0.05, 0.1) is 22.9 Å². The number of amides is 2. The quantitative estimate of drug-likeness (QED) is 0.441. The second-order valence-corrected chi connectivity index (χ2v) is 8.91. The number of anilines is 3. The normalized spacial score (nSPS) is 14.0. The van der Waals surface area contributed by atoms with Gasteiger partial charge in [-0.15, -0.1) is 0 Å². The molecule has 2 amide bonds. The molecule has 1 aromatic heterocycles. The Morgan fingerprint density at radius 1 is 0.914 bits per heavy atom. The predicted octanol–water partition coefficient (Wildman–Crippen LogP) is 4.01. The fourth-order valence-electron chi connectivity index (χ4n) is 3.78. The molecule has 0 radical (unpaired) electrons. The molecule has 182 valence electrons. The Morgan fingerprint density at radius 3 is 2.37 bits per heavy atom. The maximum absolute atomic E-state index is 12.8. The van der Waals surface area contributed by atoms with Crippen LogP contribution in [0.4, 0.5) is 17.2 Å². The maximum atomic E-state index is 12.8. The summed E-state index contributed by atoms with van der Waals surface area (Å²) in [5.41, 5.74) is 1.64. The first kappa shape index (κ1) is 24.9. The Bertz CT molecular complexity index is 1200. The molecule has 4 rings (SSSR count). The molecule has 2 aromatic carbocycles. The van der Waals surface area contributed by atoms with Crippen molar-refractivity contribution in [1.29, 1.82) is 0 Å². The summed E-state index contributed by atoms with van der Waals surface area (Å²) in [4.78, 5) is 34.1. The zero-order valence-electron chi connectivity index (χ0n) is 18.9. The number of nitrogens with one attached hydrogen (secondary N) is 2. The number of nitrogens with zero attached hydrogens (tertiary/aromatic N) is 3. The SMILES string of the molecule is O=C(Nc1ccc(Cl)c(NC(=O)c2cccc(Cl)c2)c1)c1ccc(N2CCN(CCO)CC2)nc1. The number of carbonyl (C=O) groups excluding carboxylic acids is 2. The summed E-state index contributed by atoms with van der Waals surface area (Å²) in [6.07, 6.45) is 1.54. The summed E-state index contributed by atoms with van der Waals surface area (Å²) in [6.45, 7) is 4.18. The number of hydrogen-bond donors (Lipinski definition) is 3. The first-order valence-corrected chi connectivity index (χ1v) is 11.9. The highest BCUT2D eigenvalue weighted by atomic mass is 35.5. The van der Waals surface area contributed by atoms with Crippen LogP contribution in [0.3, 0.4) is 0 Å². The van der Waals surface area contributed by atoms with Crippen molar-refractivity contribution in [3.05, 3.63) is 82.0 Å². The summed E-state index contributed by atoms with van der Waals surface area (Å²) in [5, 5.41) is 15.4. The predicted molar refractivity (Wildman–Crippen MR) is 139 cm³/mol. The van der Waals surface area contributed by atoms with Crippen molar-refractivity contribution in [3.8, 4) is 0 Å². The van der Waals surface area contributed by atoms with Gasteiger partial charge in [0.1, 0.15) is 5.82 Å². The van der Waals surface area contributed by atoms with Crippen LogP contribution in [0.5, 0.6) is 0 Å². The lowest BCUT2D eigenvalue weighted by Crippen LogP contribution is -2.47. The molecular formula is C25H25Cl2N5O3. The molecule has 1 saturated heterocycles. The molecule has 0 bridgehead atoms. The van der Waals surface area contributed by atoms with Crippen molar-refractivity contribution in [2.45, 2.75) is 0 Å². The van der Waals surface area contributed by atoms with E-state index < -0.39 is 0 Å². The Labute approximate surface area is 213 Å². The molecule has 10 heteroatoms. The summed E-state index contributed by atoms with van der Waals surface area (Å²) in [6, 6.07) is 15.0. The maximum Gasteiger partial charge on any atom is 0.257 e. The Kier molecular flexibility index (Phi) is 8.20. The Hall–Kier alpha value is -3.17. The molecule has 3 aromatic rings. The van der Waals surface area contributed by atoms with Gasteiger partial charge in [-0.25, -0.2) is 4.98 Å². The van der Waals surface area contributed by atoms with Gasteiger partial charge in [0.25, 0.3) is 11.8 Å². The Balaban J connectivity index is 1.38. The van der Waals surface area contributed by atoms with E-state index in [0.717, 1.165) is 32.0 Å². The second kappa shape index (κ2) is 11.5. The molecule has 1 fully saturated rings. The van der Waals surface area contributed by atoms with Crippen LogP contribution in [0.15, 0.2) is 60.8 Å². The van der Waals surface area contributed by atoms with Gasteiger partial charge in [0, 0.05) is 55.2 Å². The van der Waals surface area contributed by atoms with E-state index in [-0.39, 0.29) is 18.4 Å². The number of hydrogen-bond acceptors (Lipinski definition) is 6. The van der Waals surface area contributed by atoms with Gasteiger partial charge in [0.2, 0.25) is 0 Å². The number of benzene rings is 2. The van der Waals surface area contributed by atoms with Gasteiger partial charge in [0.15, 0.2) is 0 Å². The number of pyridine rings is 1. The largest absolute Gasteiger partial charge is 0.395 e. The van der Waals surface area contributed by atoms with Crippen LogP contribution >= 0.6 is 23.2 Å². The van der Waals surface area contributed by atoms with Crippen LogP contribution in [-0.2, 0) is 0 Å². The van der Waals surface area contributed by atoms with Gasteiger partial charge < -0.3 is 20.6 Å². The average molecular weight is 514 g/mol. The summed E-state index contributed by atoms with van der Waals surface area (Å²) < 4.78 is 0. The molecular weight excluding hydrogens is 489 g/mol. The lowest BCUT2D eigenvalue weighted by Gasteiger charge is -2.35. The molecule has 3 N–H and O–H groups in total. The van der Waals surface area contributed by atoms with Crippen molar-refractivity contribution < 1.29 is 14.7 Å². The number of aliphatic hydroxyl groups excluding tert-OH is 1. The zero-order valence-corrected chi connectivity index (χ0v) is 20.4. The van der Waals surface area contributed by atoms with Gasteiger partial charge in [-0.3, -0.25) is 14.5 Å². The molecule has 35 heavy (non-hydrogen) atoms. The minimum Gasteiger partial charge on any atom is -0.395 e. The smallest absolute Gasteiger partial charge is 0.257 e. The number of aliphatic hydroxyl groups is 1. The van der Waals surface area contributed by atoms with Crippen LogP contribution in [0.1, 0.15) is 20.7 Å². The summed E-state index contributed by atoms with van der Waals surface area (Å²) in [7, 11) is 0. The fraction of sp³-hybridized carbons (Fsp3) is 0.240. The minimum atomic E-state index is -0.366. The van der Waals surface area contributed by atoms with E-state index in [9.17, 15) is 9.59 Å². The topological polar surface area (TPSA) is 97.8 Å². The minimum absolute atomic E-state index is 0.158. The molecule has 1 aliphatic rings. The van der Waals surface area contributed by atoms with E-state index in [0.29, 0.717) is 39.1 Å². The van der Waals surface area contributed by atoms with Crippen LogP contribution in [0.2, 0.25) is 10.0 Å². The van der Waals surface area contributed by atoms with Gasteiger partial charge in [-0.1, -0.05) is 29.3 Å². The van der Waals surface area contributed by atoms with E-state index in [4.69, 9.17) is 28.3 Å². The number of piperazine rings is 1. The van der Waals surface area contributed by atoms with Crippen LogP contribution in [0.25, 0.3) is 0 Å².